The fourth-order valence-electron chi connectivity index (χ4n) is 4.23. The predicted octanol–water partition coefficient (Wildman–Crippen LogP) is 4.49. The Morgan fingerprint density at radius 3 is 2.67 bits per heavy atom. The van der Waals surface area contributed by atoms with Crippen LogP contribution in [0.3, 0.4) is 0 Å². The minimum Gasteiger partial charge on any atom is -0.338 e. The number of benzene rings is 1. The summed E-state index contributed by atoms with van der Waals surface area (Å²) in [5.41, 5.74) is 1.24. The molecule has 4 heteroatoms. The summed E-state index contributed by atoms with van der Waals surface area (Å²) in [5, 5.41) is 0.767. The maximum Gasteiger partial charge on any atom is 0.240 e. The van der Waals surface area contributed by atoms with Gasteiger partial charge in [-0.2, -0.15) is 0 Å². The van der Waals surface area contributed by atoms with Gasteiger partial charge in [-0.1, -0.05) is 37.1 Å². The zero-order valence-corrected chi connectivity index (χ0v) is 15.5. The van der Waals surface area contributed by atoms with E-state index in [1.54, 1.807) is 0 Å². The van der Waals surface area contributed by atoms with E-state index >= 15 is 0 Å². The minimum absolute atomic E-state index is 0.0677. The SMILES string of the molecule is CCCC1CCCCN1C(=O)C1CCCN1Cc1ccc(Cl)cc1. The molecule has 2 fully saturated rings. The van der Waals surface area contributed by atoms with E-state index in [9.17, 15) is 4.79 Å². The second kappa shape index (κ2) is 8.35. The quantitative estimate of drug-likeness (QED) is 0.783. The number of halogens is 1. The maximum absolute atomic E-state index is 13.2. The highest BCUT2D eigenvalue weighted by Gasteiger charge is 2.36. The van der Waals surface area contributed by atoms with Gasteiger partial charge >= 0.3 is 0 Å². The third-order valence-electron chi connectivity index (χ3n) is 5.48. The van der Waals surface area contributed by atoms with Gasteiger partial charge in [0.05, 0.1) is 6.04 Å². The summed E-state index contributed by atoms with van der Waals surface area (Å²) in [7, 11) is 0. The van der Waals surface area contributed by atoms with Gasteiger partial charge in [-0.25, -0.2) is 0 Å². The Morgan fingerprint density at radius 2 is 1.92 bits per heavy atom. The summed E-state index contributed by atoms with van der Waals surface area (Å²) < 4.78 is 0. The van der Waals surface area contributed by atoms with Crippen LogP contribution < -0.4 is 0 Å². The molecule has 0 N–H and O–H groups in total. The van der Waals surface area contributed by atoms with Crippen molar-refractivity contribution in [3.8, 4) is 0 Å². The van der Waals surface area contributed by atoms with Crippen LogP contribution in [0.5, 0.6) is 0 Å². The number of rotatable bonds is 5. The molecule has 0 radical (unpaired) electrons. The maximum atomic E-state index is 13.2. The van der Waals surface area contributed by atoms with Crippen LogP contribution in [0, 0.1) is 0 Å². The number of hydrogen-bond acceptors (Lipinski definition) is 2. The number of nitrogens with zero attached hydrogens (tertiary/aromatic N) is 2. The van der Waals surface area contributed by atoms with E-state index in [1.165, 1.54) is 18.4 Å². The molecule has 0 bridgehead atoms. The molecule has 3 rings (SSSR count). The van der Waals surface area contributed by atoms with Crippen molar-refractivity contribution >= 4 is 17.5 Å². The third kappa shape index (κ3) is 4.12. The lowest BCUT2D eigenvalue weighted by Crippen LogP contribution is -2.51. The first kappa shape index (κ1) is 17.8. The highest BCUT2D eigenvalue weighted by atomic mass is 35.5. The van der Waals surface area contributed by atoms with E-state index in [-0.39, 0.29) is 6.04 Å². The van der Waals surface area contributed by atoms with Gasteiger partial charge in [-0.15, -0.1) is 0 Å². The lowest BCUT2D eigenvalue weighted by atomic mass is 9.97. The van der Waals surface area contributed by atoms with Gasteiger partial charge in [0, 0.05) is 24.2 Å². The van der Waals surface area contributed by atoms with Gasteiger partial charge in [0.1, 0.15) is 0 Å². The first-order chi connectivity index (χ1) is 11.7. The van der Waals surface area contributed by atoms with Gasteiger partial charge < -0.3 is 4.90 Å². The molecule has 2 aliphatic heterocycles. The van der Waals surface area contributed by atoms with E-state index in [0.29, 0.717) is 11.9 Å². The zero-order chi connectivity index (χ0) is 16.9. The number of hydrogen-bond donors (Lipinski definition) is 0. The minimum atomic E-state index is 0.0677. The Kier molecular flexibility index (Phi) is 6.18. The van der Waals surface area contributed by atoms with Crippen LogP contribution in [0.1, 0.15) is 57.4 Å². The van der Waals surface area contributed by atoms with Crippen molar-refractivity contribution in [3.63, 3.8) is 0 Å². The summed E-state index contributed by atoms with van der Waals surface area (Å²) in [6.45, 7) is 5.04. The fraction of sp³-hybridized carbons (Fsp3) is 0.650. The number of carbonyl (C=O) groups is 1. The fourth-order valence-corrected chi connectivity index (χ4v) is 4.36. The van der Waals surface area contributed by atoms with Crippen LogP contribution in [-0.4, -0.2) is 40.9 Å². The van der Waals surface area contributed by atoms with Crippen molar-refractivity contribution in [2.24, 2.45) is 0 Å². The highest BCUT2D eigenvalue weighted by Crippen LogP contribution is 2.27. The monoisotopic (exact) mass is 348 g/mol. The molecule has 1 aromatic carbocycles. The first-order valence-electron chi connectivity index (χ1n) is 9.48. The molecule has 2 aliphatic rings. The van der Waals surface area contributed by atoms with Crippen LogP contribution >= 0.6 is 11.6 Å². The van der Waals surface area contributed by atoms with Crippen LogP contribution in [0.2, 0.25) is 5.02 Å². The normalized spacial score (nSPS) is 25.2. The van der Waals surface area contributed by atoms with Crippen LogP contribution in [-0.2, 0) is 11.3 Å². The standard InChI is InChI=1S/C20H29ClN2O/c1-2-6-18-7-3-4-14-23(18)20(24)19-8-5-13-22(19)15-16-9-11-17(21)12-10-16/h9-12,18-19H,2-8,13-15H2,1H3. The second-order valence-electron chi connectivity index (χ2n) is 7.22. The van der Waals surface area contributed by atoms with E-state index in [1.807, 2.05) is 12.1 Å². The van der Waals surface area contributed by atoms with Crippen molar-refractivity contribution in [3.05, 3.63) is 34.9 Å². The molecule has 0 saturated carbocycles. The number of carbonyl (C=O) groups excluding carboxylic acids is 1. The average Bonchev–Trinajstić information content (AvgIpc) is 3.05. The van der Waals surface area contributed by atoms with Crippen molar-refractivity contribution in [1.82, 2.24) is 9.80 Å². The number of likely N-dealkylation sites (tertiary alicyclic amines) is 2. The molecule has 24 heavy (non-hydrogen) atoms. The van der Waals surface area contributed by atoms with Crippen LogP contribution in [0.15, 0.2) is 24.3 Å². The Hall–Kier alpha value is -1.06. The van der Waals surface area contributed by atoms with Gasteiger partial charge in [0.15, 0.2) is 0 Å². The Bertz CT molecular complexity index is 543. The van der Waals surface area contributed by atoms with Crippen molar-refractivity contribution < 1.29 is 4.79 Å². The molecule has 2 saturated heterocycles. The molecular weight excluding hydrogens is 320 g/mol. The Balaban J connectivity index is 1.67. The lowest BCUT2D eigenvalue weighted by Gasteiger charge is -2.39. The Labute approximate surface area is 151 Å². The molecular formula is C20H29ClN2O. The molecule has 2 atom stereocenters. The van der Waals surface area contributed by atoms with Crippen LogP contribution in [0.25, 0.3) is 0 Å². The molecule has 3 nitrogen and oxygen atoms in total. The number of amides is 1. The molecule has 2 heterocycles. The summed E-state index contributed by atoms with van der Waals surface area (Å²) in [4.78, 5) is 17.8. The van der Waals surface area contributed by atoms with E-state index < -0.39 is 0 Å². The lowest BCUT2D eigenvalue weighted by molar-refractivity contribution is -0.140. The molecule has 132 valence electrons. The van der Waals surface area contributed by atoms with E-state index in [2.05, 4.69) is 28.9 Å². The number of piperidine rings is 1. The second-order valence-corrected chi connectivity index (χ2v) is 7.66. The van der Waals surface area contributed by atoms with E-state index in [4.69, 9.17) is 11.6 Å². The molecule has 1 amide bonds. The molecule has 2 unspecified atom stereocenters. The summed E-state index contributed by atoms with van der Waals surface area (Å²) >= 11 is 5.98. The van der Waals surface area contributed by atoms with Crippen LogP contribution in [0.4, 0.5) is 0 Å². The average molecular weight is 349 g/mol. The van der Waals surface area contributed by atoms with Gasteiger partial charge in [-0.3, -0.25) is 9.69 Å². The van der Waals surface area contributed by atoms with Crippen molar-refractivity contribution in [2.75, 3.05) is 13.1 Å². The zero-order valence-electron chi connectivity index (χ0n) is 14.7. The smallest absolute Gasteiger partial charge is 0.240 e. The van der Waals surface area contributed by atoms with Gasteiger partial charge in [0.25, 0.3) is 0 Å². The largest absolute Gasteiger partial charge is 0.338 e. The van der Waals surface area contributed by atoms with Gasteiger partial charge in [-0.05, 0) is 62.8 Å². The van der Waals surface area contributed by atoms with Crippen molar-refractivity contribution in [1.29, 1.82) is 0 Å². The highest BCUT2D eigenvalue weighted by molar-refractivity contribution is 6.30. The molecule has 0 aromatic heterocycles. The third-order valence-corrected chi connectivity index (χ3v) is 5.73. The van der Waals surface area contributed by atoms with E-state index in [0.717, 1.165) is 56.8 Å². The summed E-state index contributed by atoms with van der Waals surface area (Å²) in [6.07, 6.45) is 8.05. The Morgan fingerprint density at radius 1 is 1.12 bits per heavy atom. The van der Waals surface area contributed by atoms with Gasteiger partial charge in [0.2, 0.25) is 5.91 Å². The first-order valence-corrected chi connectivity index (χ1v) is 9.86. The molecule has 0 spiro atoms. The molecule has 1 aromatic rings. The predicted molar refractivity (Wildman–Crippen MR) is 99.1 cm³/mol. The van der Waals surface area contributed by atoms with Crippen molar-refractivity contribution in [2.45, 2.75) is 70.5 Å². The summed E-state index contributed by atoms with van der Waals surface area (Å²) in [6, 6.07) is 8.55. The summed E-state index contributed by atoms with van der Waals surface area (Å²) in [5.74, 6) is 0.375. The topological polar surface area (TPSA) is 23.6 Å². The molecule has 0 aliphatic carbocycles.